The number of hydrogen-bond acceptors (Lipinski definition) is 3. The third-order valence-electron chi connectivity index (χ3n) is 2.43. The maximum atomic E-state index is 12.1. The van der Waals surface area contributed by atoms with Crippen molar-refractivity contribution >= 4 is 23.1 Å². The lowest BCUT2D eigenvalue weighted by atomic mass is 10.0. The Bertz CT molecular complexity index is 608. The van der Waals surface area contributed by atoms with Gasteiger partial charge in [-0.15, -0.1) is 0 Å². The summed E-state index contributed by atoms with van der Waals surface area (Å²) >= 11 is 5.80. The van der Waals surface area contributed by atoms with Crippen LogP contribution in [0.2, 0.25) is 5.02 Å². The molecule has 0 atom stereocenters. The van der Waals surface area contributed by atoms with Gasteiger partial charge in [-0.25, -0.2) is 0 Å². The lowest BCUT2D eigenvalue weighted by molar-refractivity contribution is -0.384. The van der Waals surface area contributed by atoms with E-state index in [0.717, 1.165) is 0 Å². The fourth-order valence-corrected chi connectivity index (χ4v) is 1.72. The van der Waals surface area contributed by atoms with Gasteiger partial charge < -0.3 is 0 Å². The first-order valence-corrected chi connectivity index (χ1v) is 5.50. The number of ketones is 1. The van der Waals surface area contributed by atoms with Gasteiger partial charge in [-0.3, -0.25) is 14.9 Å². The molecule has 2 aromatic rings. The van der Waals surface area contributed by atoms with Crippen LogP contribution in [-0.4, -0.2) is 10.7 Å². The Morgan fingerprint density at radius 3 is 2.28 bits per heavy atom. The van der Waals surface area contributed by atoms with Gasteiger partial charge in [0.2, 0.25) is 0 Å². The van der Waals surface area contributed by atoms with Crippen LogP contribution in [0.3, 0.4) is 0 Å². The van der Waals surface area contributed by atoms with Gasteiger partial charge in [0.15, 0.2) is 5.78 Å². The first-order valence-electron chi connectivity index (χ1n) is 5.12. The van der Waals surface area contributed by atoms with Gasteiger partial charge in [0.05, 0.1) is 4.92 Å². The molecule has 0 aliphatic carbocycles. The Morgan fingerprint density at radius 1 is 1.06 bits per heavy atom. The highest BCUT2D eigenvalue weighted by atomic mass is 35.5. The Hall–Kier alpha value is -2.20. The molecular formula is C13H8ClNO3. The van der Waals surface area contributed by atoms with Crippen LogP contribution >= 0.6 is 11.6 Å². The molecule has 5 heteroatoms. The normalized spacial score (nSPS) is 10.1. The average Bonchev–Trinajstić information content (AvgIpc) is 2.38. The van der Waals surface area contributed by atoms with Gasteiger partial charge >= 0.3 is 0 Å². The van der Waals surface area contributed by atoms with Crippen molar-refractivity contribution in [1.82, 2.24) is 0 Å². The van der Waals surface area contributed by atoms with E-state index in [2.05, 4.69) is 0 Å². The molecule has 2 aromatic carbocycles. The monoisotopic (exact) mass is 261 g/mol. The summed E-state index contributed by atoms with van der Waals surface area (Å²) < 4.78 is 0. The van der Waals surface area contributed by atoms with Crippen LogP contribution in [0.15, 0.2) is 48.5 Å². The lowest BCUT2D eigenvalue weighted by Gasteiger charge is -2.01. The number of rotatable bonds is 3. The minimum absolute atomic E-state index is 0.0438. The van der Waals surface area contributed by atoms with Crippen LogP contribution in [0, 0.1) is 10.1 Å². The Kier molecular flexibility index (Phi) is 3.39. The number of benzene rings is 2. The molecule has 0 amide bonds. The zero-order valence-corrected chi connectivity index (χ0v) is 9.92. The first kappa shape index (κ1) is 12.3. The van der Waals surface area contributed by atoms with Crippen LogP contribution in [-0.2, 0) is 0 Å². The molecule has 0 aliphatic heterocycles. The smallest absolute Gasteiger partial charge is 0.269 e. The van der Waals surface area contributed by atoms with E-state index >= 15 is 0 Å². The number of nitro benzene ring substituents is 1. The highest BCUT2D eigenvalue weighted by molar-refractivity contribution is 6.31. The van der Waals surface area contributed by atoms with E-state index in [4.69, 9.17) is 11.6 Å². The van der Waals surface area contributed by atoms with Gasteiger partial charge in [0.1, 0.15) is 0 Å². The van der Waals surface area contributed by atoms with Crippen molar-refractivity contribution in [3.63, 3.8) is 0 Å². The van der Waals surface area contributed by atoms with Gasteiger partial charge in [0, 0.05) is 28.3 Å². The second kappa shape index (κ2) is 4.98. The zero-order chi connectivity index (χ0) is 13.1. The van der Waals surface area contributed by atoms with E-state index in [1.54, 1.807) is 24.3 Å². The summed E-state index contributed by atoms with van der Waals surface area (Å²) in [5.41, 5.74) is 0.803. The molecule has 0 unspecified atom stereocenters. The highest BCUT2D eigenvalue weighted by Gasteiger charge is 2.11. The van der Waals surface area contributed by atoms with Crippen molar-refractivity contribution in [3.8, 4) is 0 Å². The van der Waals surface area contributed by atoms with E-state index in [9.17, 15) is 14.9 Å². The second-order valence-corrected chi connectivity index (χ2v) is 4.08. The summed E-state index contributed by atoms with van der Waals surface area (Å²) in [4.78, 5) is 22.0. The Morgan fingerprint density at radius 2 is 1.72 bits per heavy atom. The third kappa shape index (κ3) is 2.55. The molecule has 0 fully saturated rings. The van der Waals surface area contributed by atoms with Crippen LogP contribution in [0.4, 0.5) is 5.69 Å². The molecule has 0 bridgehead atoms. The summed E-state index contributed by atoms with van der Waals surface area (Å²) in [6.45, 7) is 0. The summed E-state index contributed by atoms with van der Waals surface area (Å²) in [6.07, 6.45) is 0. The molecule has 0 saturated carbocycles. The van der Waals surface area contributed by atoms with Crippen LogP contribution in [0.5, 0.6) is 0 Å². The molecule has 0 heterocycles. The van der Waals surface area contributed by atoms with E-state index in [1.165, 1.54) is 24.3 Å². The van der Waals surface area contributed by atoms with Crippen LogP contribution in [0.25, 0.3) is 0 Å². The van der Waals surface area contributed by atoms with E-state index in [-0.39, 0.29) is 11.5 Å². The number of nitro groups is 1. The van der Waals surface area contributed by atoms with Crippen molar-refractivity contribution in [2.24, 2.45) is 0 Å². The molecule has 90 valence electrons. The predicted molar refractivity (Wildman–Crippen MR) is 68.0 cm³/mol. The number of carbonyl (C=O) groups excluding carboxylic acids is 1. The van der Waals surface area contributed by atoms with Crippen molar-refractivity contribution in [3.05, 3.63) is 74.8 Å². The van der Waals surface area contributed by atoms with Gasteiger partial charge in [-0.1, -0.05) is 23.7 Å². The van der Waals surface area contributed by atoms with Crippen molar-refractivity contribution in [2.75, 3.05) is 0 Å². The Balaban J connectivity index is 2.32. The summed E-state index contributed by atoms with van der Waals surface area (Å²) in [5, 5.41) is 11.0. The summed E-state index contributed by atoms with van der Waals surface area (Å²) in [5.74, 6) is -0.215. The minimum Gasteiger partial charge on any atom is -0.289 e. The maximum absolute atomic E-state index is 12.1. The lowest BCUT2D eigenvalue weighted by Crippen LogP contribution is -2.01. The molecule has 2 rings (SSSR count). The molecular weight excluding hydrogens is 254 g/mol. The van der Waals surface area contributed by atoms with Crippen molar-refractivity contribution in [2.45, 2.75) is 0 Å². The first-order chi connectivity index (χ1) is 8.58. The maximum Gasteiger partial charge on any atom is 0.269 e. The standard InChI is InChI=1S/C13H8ClNO3/c14-11-3-1-2-10(8-11)13(16)9-4-6-12(7-5-9)15(17)18/h1-8H. The molecule has 0 N–H and O–H groups in total. The second-order valence-electron chi connectivity index (χ2n) is 3.64. The molecule has 0 saturated heterocycles. The fraction of sp³-hybridized carbons (Fsp3) is 0. The number of carbonyl (C=O) groups is 1. The number of hydrogen-bond donors (Lipinski definition) is 0. The predicted octanol–water partition coefficient (Wildman–Crippen LogP) is 3.48. The number of non-ortho nitro benzene ring substituents is 1. The number of nitrogens with zero attached hydrogens (tertiary/aromatic N) is 1. The van der Waals surface area contributed by atoms with Crippen LogP contribution in [0.1, 0.15) is 15.9 Å². The molecule has 0 spiro atoms. The summed E-state index contributed by atoms with van der Waals surface area (Å²) in [6, 6.07) is 12.0. The largest absolute Gasteiger partial charge is 0.289 e. The molecule has 4 nitrogen and oxygen atoms in total. The Labute approximate surface area is 108 Å². The fourth-order valence-electron chi connectivity index (χ4n) is 1.53. The van der Waals surface area contributed by atoms with Crippen LogP contribution < -0.4 is 0 Å². The minimum atomic E-state index is -0.506. The molecule has 18 heavy (non-hydrogen) atoms. The van der Waals surface area contributed by atoms with E-state index < -0.39 is 4.92 Å². The van der Waals surface area contributed by atoms with E-state index in [1.807, 2.05) is 0 Å². The zero-order valence-electron chi connectivity index (χ0n) is 9.17. The quantitative estimate of drug-likeness (QED) is 0.483. The average molecular weight is 262 g/mol. The number of halogens is 1. The third-order valence-corrected chi connectivity index (χ3v) is 2.66. The van der Waals surface area contributed by atoms with Gasteiger partial charge in [-0.2, -0.15) is 0 Å². The summed E-state index contributed by atoms with van der Waals surface area (Å²) in [7, 11) is 0. The molecule has 0 aromatic heterocycles. The molecule has 0 radical (unpaired) electrons. The highest BCUT2D eigenvalue weighted by Crippen LogP contribution is 2.17. The SMILES string of the molecule is O=C(c1ccc([N+](=O)[O-])cc1)c1cccc(Cl)c1. The van der Waals surface area contributed by atoms with E-state index in [0.29, 0.717) is 16.1 Å². The van der Waals surface area contributed by atoms with Gasteiger partial charge in [0.25, 0.3) is 5.69 Å². The van der Waals surface area contributed by atoms with Crippen molar-refractivity contribution in [1.29, 1.82) is 0 Å². The van der Waals surface area contributed by atoms with Crippen molar-refractivity contribution < 1.29 is 9.72 Å². The van der Waals surface area contributed by atoms with Gasteiger partial charge in [-0.05, 0) is 24.3 Å². The topological polar surface area (TPSA) is 60.2 Å². The molecule has 0 aliphatic rings.